The summed E-state index contributed by atoms with van der Waals surface area (Å²) in [5, 5.41) is 20.7. The highest BCUT2D eigenvalue weighted by atomic mass is 32.2. The first-order chi connectivity index (χ1) is 10.9. The molecular weight excluding hydrogens is 328 g/mol. The molecule has 0 aliphatic heterocycles. The molecule has 1 atom stereocenters. The summed E-state index contributed by atoms with van der Waals surface area (Å²) in [4.78, 5) is 28.3. The van der Waals surface area contributed by atoms with Gasteiger partial charge in [0.25, 0.3) is 11.4 Å². The Kier molecular flexibility index (Phi) is 6.65. The largest absolute Gasteiger partial charge is 0.768 e. The lowest BCUT2D eigenvalue weighted by Crippen LogP contribution is -1.99. The van der Waals surface area contributed by atoms with Gasteiger partial charge in [0.15, 0.2) is 0 Å². The minimum atomic E-state index is -2.80. The first kappa shape index (κ1) is 18.1. The number of aldehydes is 1. The molecule has 0 heterocycles. The van der Waals surface area contributed by atoms with Gasteiger partial charge in [0.05, 0.1) is 15.9 Å². The zero-order chi connectivity index (χ0) is 17.4. The van der Waals surface area contributed by atoms with Crippen molar-refractivity contribution in [3.05, 3.63) is 74.3 Å². The number of nitro groups is 2. The number of rotatable bonds is 4. The van der Waals surface area contributed by atoms with Crippen molar-refractivity contribution in [3.8, 4) is 0 Å². The molecule has 0 spiro atoms. The van der Waals surface area contributed by atoms with Crippen molar-refractivity contribution in [2.75, 3.05) is 0 Å². The van der Waals surface area contributed by atoms with Gasteiger partial charge in [0, 0.05) is 11.6 Å². The van der Waals surface area contributed by atoms with E-state index in [9.17, 15) is 33.8 Å². The van der Waals surface area contributed by atoms with Gasteiger partial charge in [-0.1, -0.05) is 30.3 Å². The molecule has 0 aliphatic rings. The van der Waals surface area contributed by atoms with Crippen LogP contribution in [-0.4, -0.2) is 24.9 Å². The zero-order valence-electron chi connectivity index (χ0n) is 11.4. The van der Waals surface area contributed by atoms with Crippen LogP contribution in [0.1, 0.15) is 10.4 Å². The maximum absolute atomic E-state index is 10.5. The molecule has 1 unspecified atom stereocenters. The molecule has 120 valence electrons. The van der Waals surface area contributed by atoms with Crippen molar-refractivity contribution < 1.29 is 23.4 Å². The highest BCUT2D eigenvalue weighted by Crippen LogP contribution is 2.26. The molecule has 0 aromatic heterocycles. The maximum Gasteiger partial charge on any atom is 0.291 e. The summed E-state index contributed by atoms with van der Waals surface area (Å²) >= 11 is -2.80. The number of non-ortho nitro benzene ring substituents is 1. The van der Waals surface area contributed by atoms with Crippen LogP contribution in [0.15, 0.2) is 53.4 Å². The van der Waals surface area contributed by atoms with Crippen LogP contribution in [-0.2, 0) is 11.1 Å². The van der Waals surface area contributed by atoms with Gasteiger partial charge < -0.3 is 4.55 Å². The van der Waals surface area contributed by atoms with Crippen LogP contribution in [0.3, 0.4) is 0 Å². The van der Waals surface area contributed by atoms with Gasteiger partial charge in [-0.3, -0.25) is 29.2 Å². The summed E-state index contributed by atoms with van der Waals surface area (Å²) in [7, 11) is 0. The van der Waals surface area contributed by atoms with E-state index in [1.165, 1.54) is 0 Å². The van der Waals surface area contributed by atoms with E-state index in [0.29, 0.717) is 6.07 Å². The monoisotopic (exact) mass is 337 g/mol. The quantitative estimate of drug-likeness (QED) is 0.360. The number of nitrogens with zero attached hydrogens (tertiary/aromatic N) is 2. The molecule has 0 N–H and O–H groups in total. The molecule has 0 aliphatic carbocycles. The Morgan fingerprint density at radius 1 is 0.957 bits per heavy atom. The van der Waals surface area contributed by atoms with Crippen LogP contribution >= 0.6 is 0 Å². The van der Waals surface area contributed by atoms with E-state index in [0.717, 1.165) is 24.0 Å². The number of carbonyl (C=O) groups excluding carboxylic acids is 1. The second-order valence-corrected chi connectivity index (χ2v) is 4.84. The van der Waals surface area contributed by atoms with Gasteiger partial charge in [0.1, 0.15) is 11.2 Å². The van der Waals surface area contributed by atoms with Crippen LogP contribution < -0.4 is 0 Å². The van der Waals surface area contributed by atoms with Crippen LogP contribution in [0.2, 0.25) is 0 Å². The normalized spacial score (nSPS) is 10.8. The third-order valence-corrected chi connectivity index (χ3v) is 3.17. The third kappa shape index (κ3) is 5.37. The fourth-order valence-corrected chi connectivity index (χ4v) is 1.92. The number of carbonyl (C=O) groups is 1. The highest BCUT2D eigenvalue weighted by molar-refractivity contribution is 7.79. The minimum absolute atomic E-state index is 0.532. The van der Waals surface area contributed by atoms with Crippen LogP contribution in [0, 0.1) is 20.2 Å². The average Bonchev–Trinajstić information content (AvgIpc) is 2.55. The van der Waals surface area contributed by atoms with Crippen molar-refractivity contribution in [2.24, 2.45) is 0 Å². The lowest BCUT2D eigenvalue weighted by Gasteiger charge is -2.04. The van der Waals surface area contributed by atoms with Gasteiger partial charge in [-0.05, 0) is 17.1 Å². The first-order valence-electron chi connectivity index (χ1n) is 5.89. The molecule has 0 bridgehead atoms. The lowest BCUT2D eigenvalue weighted by atomic mass is 10.2. The van der Waals surface area contributed by atoms with Gasteiger partial charge in [-0.15, -0.1) is 0 Å². The van der Waals surface area contributed by atoms with Crippen molar-refractivity contribution in [1.29, 1.82) is 0 Å². The second-order valence-electron chi connectivity index (χ2n) is 3.93. The van der Waals surface area contributed by atoms with E-state index in [1.807, 2.05) is 18.2 Å². The van der Waals surface area contributed by atoms with Gasteiger partial charge in [-0.25, -0.2) is 0 Å². The molecule has 9 nitrogen and oxygen atoms in total. The molecule has 0 saturated heterocycles. The topological polar surface area (TPSA) is 143 Å². The number of benzene rings is 2. The highest BCUT2D eigenvalue weighted by Gasteiger charge is 2.19. The molecule has 0 saturated carbocycles. The molecule has 10 heteroatoms. The summed E-state index contributed by atoms with van der Waals surface area (Å²) < 4.78 is 21.1. The molecule has 23 heavy (non-hydrogen) atoms. The van der Waals surface area contributed by atoms with E-state index >= 15 is 0 Å². The Morgan fingerprint density at radius 3 is 1.96 bits per heavy atom. The molecule has 2 aromatic rings. The van der Waals surface area contributed by atoms with E-state index in [-0.39, 0.29) is 0 Å². The summed E-state index contributed by atoms with van der Waals surface area (Å²) in [5.74, 6) is 0. The summed E-state index contributed by atoms with van der Waals surface area (Å²) in [5.41, 5.74) is -0.610. The molecule has 0 radical (unpaired) electrons. The van der Waals surface area contributed by atoms with Crippen molar-refractivity contribution in [3.63, 3.8) is 0 Å². The third-order valence-electron chi connectivity index (χ3n) is 2.47. The van der Waals surface area contributed by atoms with Crippen molar-refractivity contribution >= 4 is 28.7 Å². The Hall–Kier alpha value is -2.98. The fourth-order valence-electron chi connectivity index (χ4n) is 1.43. The van der Waals surface area contributed by atoms with E-state index < -0.39 is 37.2 Å². The van der Waals surface area contributed by atoms with Gasteiger partial charge in [-0.2, -0.15) is 0 Å². The minimum Gasteiger partial charge on any atom is -0.768 e. The lowest BCUT2D eigenvalue weighted by molar-refractivity contribution is -0.396. The van der Waals surface area contributed by atoms with E-state index in [2.05, 4.69) is 0 Å². The zero-order valence-corrected chi connectivity index (χ0v) is 12.2. The predicted molar refractivity (Wildman–Crippen MR) is 78.8 cm³/mol. The van der Waals surface area contributed by atoms with Crippen molar-refractivity contribution in [1.82, 2.24) is 0 Å². The Balaban J connectivity index is 0.000000277. The number of hydrogen-bond donors (Lipinski definition) is 0. The average molecular weight is 337 g/mol. The second kappa shape index (κ2) is 8.46. The number of hydrogen-bond acceptors (Lipinski definition) is 7. The molecular formula is C13H9N2O7S-. The number of nitro benzene ring substituents is 2. The predicted octanol–water partition coefficient (Wildman–Crippen LogP) is 2.24. The van der Waals surface area contributed by atoms with E-state index in [4.69, 9.17) is 0 Å². The fraction of sp³-hybridized carbons (Fsp3) is 0. The van der Waals surface area contributed by atoms with Crippen LogP contribution in [0.5, 0.6) is 0 Å². The SMILES string of the molecule is O=Cc1ccccc1.O=[N+]([O-])c1ccc(S(=O)[O-])c([N+](=O)[O-])c1. The van der Waals surface area contributed by atoms with Gasteiger partial charge in [0.2, 0.25) is 0 Å². The molecule has 2 aromatic carbocycles. The van der Waals surface area contributed by atoms with Crippen molar-refractivity contribution in [2.45, 2.75) is 4.90 Å². The van der Waals surface area contributed by atoms with Crippen LogP contribution in [0.4, 0.5) is 11.4 Å². The maximum atomic E-state index is 10.5. The Labute approximate surface area is 132 Å². The first-order valence-corrected chi connectivity index (χ1v) is 6.96. The van der Waals surface area contributed by atoms with Crippen LogP contribution in [0.25, 0.3) is 0 Å². The molecule has 2 rings (SSSR count). The summed E-state index contributed by atoms with van der Waals surface area (Å²) in [6.45, 7) is 0. The Bertz CT molecular complexity index is 749. The smallest absolute Gasteiger partial charge is 0.291 e. The Morgan fingerprint density at radius 2 is 1.57 bits per heavy atom. The summed E-state index contributed by atoms with van der Waals surface area (Å²) in [6.07, 6.45) is 0.833. The van der Waals surface area contributed by atoms with Gasteiger partial charge >= 0.3 is 0 Å². The molecule has 0 amide bonds. The molecule has 0 fully saturated rings. The summed E-state index contributed by atoms with van der Waals surface area (Å²) in [6, 6.07) is 11.4. The standard InChI is InChI=1S/C7H6O.C6H4N2O6S/c8-6-7-4-2-1-3-5-7;9-7(10)4-1-2-6(15(13)14)5(3-4)8(11)12/h1-6H;1-3H,(H,13,14)/p-1. The van der Waals surface area contributed by atoms with E-state index in [1.54, 1.807) is 12.1 Å².